The predicted octanol–water partition coefficient (Wildman–Crippen LogP) is 6.17. The second-order valence-corrected chi connectivity index (χ2v) is 8.69. The van der Waals surface area contributed by atoms with E-state index in [-0.39, 0.29) is 11.4 Å². The number of hydrogen-bond donors (Lipinski definition) is 0. The summed E-state index contributed by atoms with van der Waals surface area (Å²) < 4.78 is 41.8. The zero-order valence-corrected chi connectivity index (χ0v) is 15.9. The van der Waals surface area contributed by atoms with Crippen LogP contribution in [-0.4, -0.2) is 15.2 Å². The van der Waals surface area contributed by atoms with Crippen LogP contribution in [0.2, 0.25) is 0 Å². The van der Waals surface area contributed by atoms with Crippen LogP contribution in [0.1, 0.15) is 29.9 Å². The van der Waals surface area contributed by atoms with Crippen molar-refractivity contribution in [3.8, 4) is 10.7 Å². The predicted molar refractivity (Wildman–Crippen MR) is 93.0 cm³/mol. The fourth-order valence-corrected chi connectivity index (χ4v) is 4.19. The van der Waals surface area contributed by atoms with Gasteiger partial charge in [0.05, 0.1) is 11.1 Å². The number of hydrogen-bond acceptors (Lipinski definition) is 4. The highest BCUT2D eigenvalue weighted by atomic mass is 79.9. The van der Waals surface area contributed by atoms with E-state index in [4.69, 9.17) is 0 Å². The Morgan fingerprint density at radius 2 is 1.83 bits per heavy atom. The van der Waals surface area contributed by atoms with Crippen molar-refractivity contribution in [2.75, 3.05) is 0 Å². The summed E-state index contributed by atoms with van der Waals surface area (Å²) in [5.41, 5.74) is 0.321. The lowest BCUT2D eigenvalue weighted by Gasteiger charge is -2.14. The first-order chi connectivity index (χ1) is 11.3. The summed E-state index contributed by atoms with van der Waals surface area (Å²) in [6, 6.07) is 4.73. The summed E-state index contributed by atoms with van der Waals surface area (Å²) in [7, 11) is 0. The second kappa shape index (κ2) is 5.74. The van der Waals surface area contributed by atoms with Crippen LogP contribution in [0.4, 0.5) is 13.2 Å². The molecule has 0 bridgehead atoms. The van der Waals surface area contributed by atoms with Crippen molar-refractivity contribution in [2.45, 2.75) is 24.9 Å². The normalized spacial score (nSPS) is 15.2. The maximum Gasteiger partial charge on any atom is 0.418 e. The smallest absolute Gasteiger partial charge is 0.244 e. The molecule has 1 saturated carbocycles. The molecule has 3 aromatic rings. The van der Waals surface area contributed by atoms with Crippen molar-refractivity contribution in [1.29, 1.82) is 0 Å². The molecule has 1 aromatic carbocycles. The van der Waals surface area contributed by atoms with E-state index in [0.717, 1.165) is 18.4 Å². The first-order valence-corrected chi connectivity index (χ1v) is 9.44. The molecule has 124 valence electrons. The largest absolute Gasteiger partial charge is 0.418 e. The Morgan fingerprint density at radius 3 is 2.42 bits per heavy atom. The van der Waals surface area contributed by atoms with Gasteiger partial charge in [-0.25, -0.2) is 4.98 Å². The Kier molecular flexibility index (Phi) is 3.92. The zero-order valence-electron chi connectivity index (χ0n) is 11.9. The molecule has 0 amide bonds. The van der Waals surface area contributed by atoms with Crippen LogP contribution in [-0.2, 0) is 6.18 Å². The standard InChI is InChI=1S/C15H8Br2F3N3S/c16-10-5-11(13-22-23-14(17)24-13)21-12-8(10)3-7(6-1-2-6)4-9(12)15(18,19)20/h3-6H,1-2H2. The molecule has 2 heterocycles. The zero-order chi connectivity index (χ0) is 17.1. The Hall–Kier alpha value is -1.06. The lowest BCUT2D eigenvalue weighted by molar-refractivity contribution is -0.136. The van der Waals surface area contributed by atoms with Crippen molar-refractivity contribution >= 4 is 54.1 Å². The third-order valence-corrected chi connectivity index (χ3v) is 5.89. The lowest BCUT2D eigenvalue weighted by atomic mass is 10.0. The quantitative estimate of drug-likeness (QED) is 0.441. The maximum atomic E-state index is 13.6. The average Bonchev–Trinajstić information content (AvgIpc) is 3.27. The van der Waals surface area contributed by atoms with E-state index in [1.807, 2.05) is 0 Å². The molecule has 0 spiro atoms. The molecule has 24 heavy (non-hydrogen) atoms. The molecule has 2 aromatic heterocycles. The summed E-state index contributed by atoms with van der Waals surface area (Å²) in [5, 5.41) is 8.70. The van der Waals surface area contributed by atoms with Crippen molar-refractivity contribution < 1.29 is 13.2 Å². The van der Waals surface area contributed by atoms with Gasteiger partial charge in [0.15, 0.2) is 8.92 Å². The van der Waals surface area contributed by atoms with Crippen LogP contribution in [0, 0.1) is 0 Å². The van der Waals surface area contributed by atoms with Gasteiger partial charge in [-0.2, -0.15) is 13.2 Å². The Balaban J connectivity index is 2.00. The van der Waals surface area contributed by atoms with Gasteiger partial charge in [-0.05, 0) is 58.5 Å². The summed E-state index contributed by atoms with van der Waals surface area (Å²) in [6.07, 6.45) is -2.59. The molecule has 4 rings (SSSR count). The minimum atomic E-state index is -4.46. The first kappa shape index (κ1) is 16.4. The van der Waals surface area contributed by atoms with Crippen molar-refractivity contribution in [2.24, 2.45) is 0 Å². The number of nitrogens with zero attached hydrogens (tertiary/aromatic N) is 3. The van der Waals surface area contributed by atoms with Gasteiger partial charge in [0, 0.05) is 9.86 Å². The van der Waals surface area contributed by atoms with E-state index in [2.05, 4.69) is 47.0 Å². The minimum absolute atomic E-state index is 0.0670. The van der Waals surface area contributed by atoms with E-state index in [0.29, 0.717) is 24.5 Å². The molecule has 1 aliphatic rings. The van der Waals surface area contributed by atoms with Gasteiger partial charge in [-0.1, -0.05) is 27.3 Å². The van der Waals surface area contributed by atoms with Crippen LogP contribution in [0.25, 0.3) is 21.6 Å². The van der Waals surface area contributed by atoms with Crippen molar-refractivity contribution in [3.63, 3.8) is 0 Å². The number of halogens is 5. The number of benzene rings is 1. The van der Waals surface area contributed by atoms with Gasteiger partial charge in [-0.3, -0.25) is 0 Å². The summed E-state index contributed by atoms with van der Waals surface area (Å²) in [5.74, 6) is 0.223. The molecule has 0 unspecified atom stereocenters. The van der Waals surface area contributed by atoms with Gasteiger partial charge in [0.1, 0.15) is 5.69 Å². The number of aromatic nitrogens is 3. The Labute approximate surface area is 155 Å². The van der Waals surface area contributed by atoms with E-state index in [1.165, 1.54) is 17.4 Å². The summed E-state index contributed by atoms with van der Waals surface area (Å²) in [4.78, 5) is 4.24. The summed E-state index contributed by atoms with van der Waals surface area (Å²) >= 11 is 7.81. The van der Waals surface area contributed by atoms with Gasteiger partial charge in [0.2, 0.25) is 0 Å². The highest BCUT2D eigenvalue weighted by molar-refractivity contribution is 9.11. The first-order valence-electron chi connectivity index (χ1n) is 7.03. The van der Waals surface area contributed by atoms with Crippen LogP contribution >= 0.6 is 43.2 Å². The fourth-order valence-electron chi connectivity index (χ4n) is 2.60. The molecular formula is C15H8Br2F3N3S. The summed E-state index contributed by atoms with van der Waals surface area (Å²) in [6.45, 7) is 0. The van der Waals surface area contributed by atoms with Crippen LogP contribution in [0.3, 0.4) is 0 Å². The number of alkyl halides is 3. The highest BCUT2D eigenvalue weighted by Crippen LogP contribution is 2.45. The lowest BCUT2D eigenvalue weighted by Crippen LogP contribution is -2.08. The molecule has 1 aliphatic carbocycles. The van der Waals surface area contributed by atoms with Gasteiger partial charge >= 0.3 is 6.18 Å². The molecular weight excluding hydrogens is 471 g/mol. The van der Waals surface area contributed by atoms with Crippen LogP contribution < -0.4 is 0 Å². The van der Waals surface area contributed by atoms with Crippen LogP contribution in [0.5, 0.6) is 0 Å². The molecule has 3 nitrogen and oxygen atoms in total. The van der Waals surface area contributed by atoms with Gasteiger partial charge in [0.25, 0.3) is 0 Å². The molecule has 1 fully saturated rings. The number of pyridine rings is 1. The highest BCUT2D eigenvalue weighted by Gasteiger charge is 2.36. The van der Waals surface area contributed by atoms with Crippen molar-refractivity contribution in [1.82, 2.24) is 15.2 Å². The Bertz CT molecular complexity index is 951. The molecule has 0 atom stereocenters. The van der Waals surface area contributed by atoms with E-state index in [9.17, 15) is 13.2 Å². The van der Waals surface area contributed by atoms with Gasteiger partial charge < -0.3 is 0 Å². The minimum Gasteiger partial charge on any atom is -0.244 e. The number of rotatable bonds is 2. The number of fused-ring (bicyclic) bond motifs is 1. The van der Waals surface area contributed by atoms with E-state index >= 15 is 0 Å². The topological polar surface area (TPSA) is 38.7 Å². The third kappa shape index (κ3) is 2.97. The molecule has 0 saturated heterocycles. The molecule has 0 radical (unpaired) electrons. The Morgan fingerprint density at radius 1 is 1.08 bits per heavy atom. The average molecular weight is 479 g/mol. The van der Waals surface area contributed by atoms with E-state index in [1.54, 1.807) is 12.1 Å². The molecule has 9 heteroatoms. The van der Waals surface area contributed by atoms with Crippen molar-refractivity contribution in [3.05, 3.63) is 37.7 Å². The third-order valence-electron chi connectivity index (χ3n) is 3.86. The van der Waals surface area contributed by atoms with E-state index < -0.39 is 11.7 Å². The maximum absolute atomic E-state index is 13.6. The fraction of sp³-hybridized carbons (Fsp3) is 0.267. The van der Waals surface area contributed by atoms with Crippen LogP contribution in [0.15, 0.2) is 26.6 Å². The van der Waals surface area contributed by atoms with Gasteiger partial charge in [-0.15, -0.1) is 10.2 Å². The second-order valence-electron chi connectivity index (χ2n) is 5.59. The molecule has 0 aliphatic heterocycles. The molecule has 0 N–H and O–H groups in total. The monoisotopic (exact) mass is 477 g/mol. The SMILES string of the molecule is FC(F)(F)c1cc(C2CC2)cc2c(Br)cc(-c3nnc(Br)s3)nc12.